The number of ether oxygens (including phenoxy) is 1. The Labute approximate surface area is 104 Å². The van der Waals surface area contributed by atoms with Gasteiger partial charge in [-0.05, 0) is 41.4 Å². The van der Waals surface area contributed by atoms with E-state index >= 15 is 0 Å². The highest BCUT2D eigenvalue weighted by atomic mass is 79.9. The SMILES string of the molecule is Brc1ccc(OC2CCCNC2)nc1.Cl. The fourth-order valence-electron chi connectivity index (χ4n) is 1.52. The van der Waals surface area contributed by atoms with Gasteiger partial charge >= 0.3 is 0 Å². The van der Waals surface area contributed by atoms with Crippen LogP contribution in [0.5, 0.6) is 5.88 Å². The van der Waals surface area contributed by atoms with Gasteiger partial charge in [-0.3, -0.25) is 0 Å². The maximum Gasteiger partial charge on any atom is 0.213 e. The first-order chi connectivity index (χ1) is 6.84. The third kappa shape index (κ3) is 3.97. The van der Waals surface area contributed by atoms with Gasteiger partial charge < -0.3 is 10.1 Å². The molecule has 0 bridgehead atoms. The molecular formula is C10H14BrClN2O. The molecule has 1 aromatic heterocycles. The summed E-state index contributed by atoms with van der Waals surface area (Å²) in [6.07, 6.45) is 4.33. The summed E-state index contributed by atoms with van der Waals surface area (Å²) < 4.78 is 6.69. The lowest BCUT2D eigenvalue weighted by Gasteiger charge is -2.23. The van der Waals surface area contributed by atoms with Crippen molar-refractivity contribution in [2.24, 2.45) is 0 Å². The van der Waals surface area contributed by atoms with Gasteiger partial charge in [0.25, 0.3) is 0 Å². The van der Waals surface area contributed by atoms with Gasteiger partial charge in [0, 0.05) is 23.3 Å². The minimum absolute atomic E-state index is 0. The number of halogens is 2. The minimum Gasteiger partial charge on any atom is -0.473 e. The van der Waals surface area contributed by atoms with Crippen LogP contribution in [0.3, 0.4) is 0 Å². The first kappa shape index (κ1) is 12.7. The third-order valence-electron chi connectivity index (χ3n) is 2.24. The normalized spacial score (nSPS) is 20.5. The van der Waals surface area contributed by atoms with Gasteiger partial charge in [-0.15, -0.1) is 12.4 Å². The smallest absolute Gasteiger partial charge is 0.213 e. The van der Waals surface area contributed by atoms with E-state index in [4.69, 9.17) is 4.74 Å². The molecule has 2 heterocycles. The molecule has 0 spiro atoms. The number of pyridine rings is 1. The summed E-state index contributed by atoms with van der Waals surface area (Å²) in [6, 6.07) is 3.83. The van der Waals surface area contributed by atoms with Crippen molar-refractivity contribution in [1.82, 2.24) is 10.3 Å². The Morgan fingerprint density at radius 2 is 2.33 bits per heavy atom. The Morgan fingerprint density at radius 3 is 2.93 bits per heavy atom. The van der Waals surface area contributed by atoms with Gasteiger partial charge in [-0.2, -0.15) is 0 Å². The highest BCUT2D eigenvalue weighted by Crippen LogP contribution is 2.15. The van der Waals surface area contributed by atoms with E-state index in [0.29, 0.717) is 5.88 Å². The maximum absolute atomic E-state index is 5.72. The van der Waals surface area contributed by atoms with Crippen LogP contribution in [-0.4, -0.2) is 24.2 Å². The highest BCUT2D eigenvalue weighted by molar-refractivity contribution is 9.10. The zero-order chi connectivity index (χ0) is 9.80. The fraction of sp³-hybridized carbons (Fsp3) is 0.500. The van der Waals surface area contributed by atoms with E-state index in [1.54, 1.807) is 6.20 Å². The second-order valence-electron chi connectivity index (χ2n) is 3.40. The summed E-state index contributed by atoms with van der Waals surface area (Å²) in [5.41, 5.74) is 0. The van der Waals surface area contributed by atoms with Crippen molar-refractivity contribution in [2.45, 2.75) is 18.9 Å². The van der Waals surface area contributed by atoms with Crippen LogP contribution in [-0.2, 0) is 0 Å². The second-order valence-corrected chi connectivity index (χ2v) is 4.32. The van der Waals surface area contributed by atoms with E-state index in [2.05, 4.69) is 26.2 Å². The van der Waals surface area contributed by atoms with E-state index in [-0.39, 0.29) is 18.5 Å². The van der Waals surface area contributed by atoms with Gasteiger partial charge in [0.15, 0.2) is 0 Å². The molecule has 2 rings (SSSR count). The van der Waals surface area contributed by atoms with Crippen molar-refractivity contribution in [2.75, 3.05) is 13.1 Å². The number of nitrogens with one attached hydrogen (secondary N) is 1. The monoisotopic (exact) mass is 292 g/mol. The summed E-state index contributed by atoms with van der Waals surface area (Å²) in [4.78, 5) is 4.18. The van der Waals surface area contributed by atoms with Crippen molar-refractivity contribution in [3.63, 3.8) is 0 Å². The van der Waals surface area contributed by atoms with Crippen LogP contribution in [0, 0.1) is 0 Å². The highest BCUT2D eigenvalue weighted by Gasteiger charge is 2.14. The predicted octanol–water partition coefficient (Wildman–Crippen LogP) is 2.40. The molecule has 0 saturated carbocycles. The Morgan fingerprint density at radius 1 is 1.47 bits per heavy atom. The molecule has 5 heteroatoms. The Hall–Kier alpha value is -0.320. The van der Waals surface area contributed by atoms with Crippen LogP contribution in [0.4, 0.5) is 0 Å². The molecule has 1 fully saturated rings. The molecule has 0 aliphatic carbocycles. The number of rotatable bonds is 2. The quantitative estimate of drug-likeness (QED) is 0.909. The molecule has 84 valence electrons. The molecule has 1 unspecified atom stereocenters. The number of aromatic nitrogens is 1. The van der Waals surface area contributed by atoms with E-state index in [9.17, 15) is 0 Å². The number of hydrogen-bond donors (Lipinski definition) is 1. The molecule has 0 amide bonds. The lowest BCUT2D eigenvalue weighted by Crippen LogP contribution is -2.37. The molecule has 15 heavy (non-hydrogen) atoms. The van der Waals surface area contributed by atoms with Gasteiger partial charge in [0.2, 0.25) is 5.88 Å². The molecule has 3 nitrogen and oxygen atoms in total. The van der Waals surface area contributed by atoms with Crippen LogP contribution in [0.25, 0.3) is 0 Å². The summed E-state index contributed by atoms with van der Waals surface area (Å²) in [5, 5.41) is 3.30. The van der Waals surface area contributed by atoms with Gasteiger partial charge in [0.1, 0.15) is 6.10 Å². The molecule has 1 N–H and O–H groups in total. The zero-order valence-electron chi connectivity index (χ0n) is 8.28. The van der Waals surface area contributed by atoms with Gasteiger partial charge in [-0.25, -0.2) is 4.98 Å². The zero-order valence-corrected chi connectivity index (χ0v) is 10.7. The van der Waals surface area contributed by atoms with Crippen LogP contribution < -0.4 is 10.1 Å². The van der Waals surface area contributed by atoms with Gasteiger partial charge in [0.05, 0.1) is 0 Å². The first-order valence-corrected chi connectivity index (χ1v) is 5.63. The van der Waals surface area contributed by atoms with Crippen molar-refractivity contribution in [3.05, 3.63) is 22.8 Å². The maximum atomic E-state index is 5.72. The number of nitrogens with zero attached hydrogens (tertiary/aromatic N) is 1. The van der Waals surface area contributed by atoms with Crippen molar-refractivity contribution in [1.29, 1.82) is 0 Å². The Bertz CT molecular complexity index is 288. The third-order valence-corrected chi connectivity index (χ3v) is 2.71. The molecule has 1 saturated heterocycles. The number of piperidine rings is 1. The van der Waals surface area contributed by atoms with Crippen molar-refractivity contribution < 1.29 is 4.74 Å². The fourth-order valence-corrected chi connectivity index (χ4v) is 1.76. The topological polar surface area (TPSA) is 34.1 Å². The summed E-state index contributed by atoms with van der Waals surface area (Å²) in [6.45, 7) is 2.03. The first-order valence-electron chi connectivity index (χ1n) is 4.83. The minimum atomic E-state index is 0. The summed E-state index contributed by atoms with van der Waals surface area (Å²) >= 11 is 3.34. The Kier molecular flexibility index (Phi) is 5.36. The number of hydrogen-bond acceptors (Lipinski definition) is 3. The predicted molar refractivity (Wildman–Crippen MR) is 65.7 cm³/mol. The molecule has 1 aromatic rings. The summed E-state index contributed by atoms with van der Waals surface area (Å²) in [5.74, 6) is 0.710. The molecule has 0 aromatic carbocycles. The molecule has 0 radical (unpaired) electrons. The van der Waals surface area contributed by atoms with Crippen molar-refractivity contribution >= 4 is 28.3 Å². The standard InChI is InChI=1S/C10H13BrN2O.ClH/c11-8-3-4-10(13-6-8)14-9-2-1-5-12-7-9;/h3-4,6,9,12H,1-2,5,7H2;1H. The lowest BCUT2D eigenvalue weighted by atomic mass is 10.1. The van der Waals surface area contributed by atoms with Crippen LogP contribution in [0.2, 0.25) is 0 Å². The van der Waals surface area contributed by atoms with Crippen LogP contribution >= 0.6 is 28.3 Å². The Balaban J connectivity index is 0.00000112. The van der Waals surface area contributed by atoms with Gasteiger partial charge in [-0.1, -0.05) is 0 Å². The lowest BCUT2D eigenvalue weighted by molar-refractivity contribution is 0.160. The van der Waals surface area contributed by atoms with E-state index in [0.717, 1.165) is 24.0 Å². The average molecular weight is 294 g/mol. The second kappa shape index (κ2) is 6.30. The molecule has 1 aliphatic rings. The van der Waals surface area contributed by atoms with E-state index in [1.165, 1.54) is 6.42 Å². The molecular weight excluding hydrogens is 279 g/mol. The summed E-state index contributed by atoms with van der Waals surface area (Å²) in [7, 11) is 0. The largest absolute Gasteiger partial charge is 0.473 e. The van der Waals surface area contributed by atoms with E-state index in [1.807, 2.05) is 12.1 Å². The van der Waals surface area contributed by atoms with Crippen molar-refractivity contribution in [3.8, 4) is 5.88 Å². The van der Waals surface area contributed by atoms with E-state index < -0.39 is 0 Å². The average Bonchev–Trinajstić information content (AvgIpc) is 2.23. The van der Waals surface area contributed by atoms with Crippen LogP contribution in [0.15, 0.2) is 22.8 Å². The van der Waals surface area contributed by atoms with Crippen LogP contribution in [0.1, 0.15) is 12.8 Å². The molecule has 1 aliphatic heterocycles. The molecule has 1 atom stereocenters.